The molecule has 0 spiro atoms. The fourth-order valence-electron chi connectivity index (χ4n) is 7.84. The lowest BCUT2D eigenvalue weighted by atomic mass is 9.75. The number of hydrogen-bond acceptors (Lipinski definition) is 9. The number of phenolic OH excluding ortho intramolecular Hbond substituents is 1. The number of fused-ring (bicyclic) bond motifs is 3. The SMILES string of the molecule is C#Cc1c(F)ccc2cc(O)cc(-c3ncc4c(N5CCCOCC5)nc(OC[C@]56CCC[C@H]5N(CCO)CCC6)nc4c3F)c12. The highest BCUT2D eigenvalue weighted by molar-refractivity contribution is 6.03. The zero-order valence-corrected chi connectivity index (χ0v) is 25.6. The van der Waals surface area contributed by atoms with E-state index in [9.17, 15) is 14.6 Å². The van der Waals surface area contributed by atoms with Crippen molar-refractivity contribution >= 4 is 27.5 Å². The summed E-state index contributed by atoms with van der Waals surface area (Å²) in [7, 11) is 0. The maximum Gasteiger partial charge on any atom is 0.319 e. The lowest BCUT2D eigenvalue weighted by molar-refractivity contribution is -0.00682. The number of nitrogens with zero attached hydrogens (tertiary/aromatic N) is 5. The molecule has 2 N–H and O–H groups in total. The molecule has 4 heterocycles. The highest BCUT2D eigenvalue weighted by Gasteiger charge is 2.48. The van der Waals surface area contributed by atoms with E-state index in [1.807, 2.05) is 4.90 Å². The largest absolute Gasteiger partial charge is 0.508 e. The van der Waals surface area contributed by atoms with E-state index >= 15 is 4.39 Å². The molecule has 1 aliphatic carbocycles. The highest BCUT2D eigenvalue weighted by atomic mass is 19.1. The molecule has 2 aromatic heterocycles. The average Bonchev–Trinajstić information content (AvgIpc) is 3.31. The summed E-state index contributed by atoms with van der Waals surface area (Å²) < 4.78 is 43.7. The van der Waals surface area contributed by atoms with Gasteiger partial charge in [0.25, 0.3) is 0 Å². The molecule has 11 heteroatoms. The predicted molar refractivity (Wildman–Crippen MR) is 171 cm³/mol. The van der Waals surface area contributed by atoms with Gasteiger partial charge in [-0.3, -0.25) is 9.88 Å². The molecule has 2 aliphatic heterocycles. The molecular weight excluding hydrogens is 592 g/mol. The first-order chi connectivity index (χ1) is 22.4. The third kappa shape index (κ3) is 5.38. The molecule has 7 rings (SSSR count). The topological polar surface area (TPSA) is 104 Å². The van der Waals surface area contributed by atoms with E-state index in [0.29, 0.717) is 62.1 Å². The number of benzene rings is 2. The van der Waals surface area contributed by atoms with Crippen LogP contribution in [0, 0.1) is 29.4 Å². The molecule has 0 radical (unpaired) electrons. The second-order valence-corrected chi connectivity index (χ2v) is 12.5. The van der Waals surface area contributed by atoms with Crippen LogP contribution < -0.4 is 9.64 Å². The van der Waals surface area contributed by atoms with Crippen molar-refractivity contribution < 1.29 is 28.5 Å². The van der Waals surface area contributed by atoms with Gasteiger partial charge in [-0.2, -0.15) is 9.97 Å². The van der Waals surface area contributed by atoms with E-state index in [0.717, 1.165) is 45.1 Å². The monoisotopic (exact) mass is 629 g/mol. The summed E-state index contributed by atoms with van der Waals surface area (Å²) in [5, 5.41) is 21.3. The minimum Gasteiger partial charge on any atom is -0.508 e. The smallest absolute Gasteiger partial charge is 0.319 e. The summed E-state index contributed by atoms with van der Waals surface area (Å²) in [4.78, 5) is 18.3. The molecule has 1 saturated carbocycles. The Bertz CT molecular complexity index is 1820. The van der Waals surface area contributed by atoms with Gasteiger partial charge in [-0.05, 0) is 62.2 Å². The number of anilines is 1. The molecule has 9 nitrogen and oxygen atoms in total. The number of terminal acetylenes is 1. The number of aliphatic hydroxyl groups is 1. The third-order valence-electron chi connectivity index (χ3n) is 9.91. The van der Waals surface area contributed by atoms with Crippen molar-refractivity contribution in [2.75, 3.05) is 57.5 Å². The van der Waals surface area contributed by atoms with E-state index in [2.05, 4.69) is 20.8 Å². The van der Waals surface area contributed by atoms with E-state index in [4.69, 9.17) is 20.9 Å². The third-order valence-corrected chi connectivity index (χ3v) is 9.91. The summed E-state index contributed by atoms with van der Waals surface area (Å²) in [5.74, 6) is 1.37. The van der Waals surface area contributed by atoms with Crippen LogP contribution in [0.3, 0.4) is 0 Å². The second kappa shape index (κ2) is 12.6. The first kappa shape index (κ1) is 30.5. The number of rotatable bonds is 7. The number of aliphatic hydroxyl groups excluding tert-OH is 1. The van der Waals surface area contributed by atoms with Gasteiger partial charge < -0.3 is 24.6 Å². The number of phenols is 1. The van der Waals surface area contributed by atoms with Gasteiger partial charge >= 0.3 is 6.01 Å². The first-order valence-electron chi connectivity index (χ1n) is 16.0. The Hall–Kier alpha value is -4.11. The summed E-state index contributed by atoms with van der Waals surface area (Å²) in [5.41, 5.74) is -0.0890. The van der Waals surface area contributed by atoms with Gasteiger partial charge in [-0.15, -0.1) is 6.42 Å². The summed E-state index contributed by atoms with van der Waals surface area (Å²) in [6.07, 6.45) is 13.1. The lowest BCUT2D eigenvalue weighted by Gasteiger charge is -2.46. The van der Waals surface area contributed by atoms with Crippen LogP contribution in [0.25, 0.3) is 32.9 Å². The van der Waals surface area contributed by atoms with Gasteiger partial charge in [0, 0.05) is 54.8 Å². The predicted octanol–water partition coefficient (Wildman–Crippen LogP) is 5.04. The van der Waals surface area contributed by atoms with Crippen molar-refractivity contribution in [1.29, 1.82) is 0 Å². The van der Waals surface area contributed by atoms with Gasteiger partial charge in [0.1, 0.15) is 28.6 Å². The van der Waals surface area contributed by atoms with Crippen LogP contribution in [0.1, 0.15) is 44.1 Å². The molecule has 2 saturated heterocycles. The average molecular weight is 630 g/mol. The van der Waals surface area contributed by atoms with Crippen molar-refractivity contribution in [1.82, 2.24) is 19.9 Å². The molecule has 46 heavy (non-hydrogen) atoms. The van der Waals surface area contributed by atoms with Crippen LogP contribution in [0.4, 0.5) is 14.6 Å². The van der Waals surface area contributed by atoms with Crippen LogP contribution in [-0.4, -0.2) is 88.7 Å². The fourth-order valence-corrected chi connectivity index (χ4v) is 7.84. The Morgan fingerprint density at radius 3 is 2.80 bits per heavy atom. The lowest BCUT2D eigenvalue weighted by Crippen LogP contribution is -2.52. The Labute approximate surface area is 266 Å². The van der Waals surface area contributed by atoms with E-state index in [-0.39, 0.29) is 51.5 Å². The normalized spacial score (nSPS) is 22.1. The molecule has 4 aromatic rings. The second-order valence-electron chi connectivity index (χ2n) is 12.5. The van der Waals surface area contributed by atoms with Gasteiger partial charge in [-0.25, -0.2) is 8.78 Å². The van der Waals surface area contributed by atoms with Crippen molar-refractivity contribution in [3.8, 4) is 35.4 Å². The molecule has 0 unspecified atom stereocenters. The van der Waals surface area contributed by atoms with Gasteiger partial charge in [-0.1, -0.05) is 18.4 Å². The number of aromatic hydroxyl groups is 1. The van der Waals surface area contributed by atoms with Crippen LogP contribution in [0.5, 0.6) is 11.8 Å². The number of halogens is 2. The maximum atomic E-state index is 16.8. The van der Waals surface area contributed by atoms with Crippen molar-refractivity contribution in [2.45, 2.75) is 44.6 Å². The molecule has 3 aliphatic rings. The Kier molecular flexibility index (Phi) is 8.36. The quantitative estimate of drug-likeness (QED) is 0.272. The maximum absolute atomic E-state index is 16.8. The zero-order valence-electron chi connectivity index (χ0n) is 25.6. The minimum absolute atomic E-state index is 0.0105. The summed E-state index contributed by atoms with van der Waals surface area (Å²) in [6.45, 7) is 4.41. The number of β-amino-alcohol motifs (C(OH)–C–C–N with tert-alkyl or cyclic N) is 1. The number of ether oxygens (including phenoxy) is 2. The molecule has 2 aromatic carbocycles. The zero-order chi connectivity index (χ0) is 31.8. The molecule has 0 amide bonds. The number of piperidine rings is 1. The van der Waals surface area contributed by atoms with Gasteiger partial charge in [0.15, 0.2) is 5.82 Å². The van der Waals surface area contributed by atoms with Crippen LogP contribution in [0.15, 0.2) is 30.5 Å². The van der Waals surface area contributed by atoms with Gasteiger partial charge in [0.05, 0.1) is 30.8 Å². The summed E-state index contributed by atoms with van der Waals surface area (Å²) in [6, 6.07) is 5.88. The number of likely N-dealkylation sites (tertiary alicyclic amines) is 1. The van der Waals surface area contributed by atoms with Crippen LogP contribution >= 0.6 is 0 Å². The molecule has 0 bridgehead atoms. The van der Waals surface area contributed by atoms with Crippen LogP contribution in [0.2, 0.25) is 0 Å². The van der Waals surface area contributed by atoms with Gasteiger partial charge in [0.2, 0.25) is 0 Å². The number of aromatic nitrogens is 3. The first-order valence-corrected chi connectivity index (χ1v) is 16.0. The van der Waals surface area contributed by atoms with Crippen LogP contribution in [-0.2, 0) is 4.74 Å². The highest BCUT2D eigenvalue weighted by Crippen LogP contribution is 2.48. The molecule has 3 fully saturated rings. The molecule has 240 valence electrons. The number of pyridine rings is 1. The fraction of sp³-hybridized carbons (Fsp3) is 0.457. The standard InChI is InChI=1S/C35H37F2N5O4/c1-2-24-27(36)8-7-22-18-23(44)19-25(29(22)24)31-30(37)32-26(20-38-31)33(42-12-5-16-45-17-14-42)40-34(39-32)46-21-35-9-3-6-28(35)41(13-15-43)11-4-10-35/h1,7-8,18-20,28,43-44H,3-6,9-17,21H2/t28-,35-/m1/s1. The van der Waals surface area contributed by atoms with Crippen molar-refractivity contribution in [3.63, 3.8) is 0 Å². The molecule has 2 atom stereocenters. The minimum atomic E-state index is -0.750. The summed E-state index contributed by atoms with van der Waals surface area (Å²) >= 11 is 0. The van der Waals surface area contributed by atoms with E-state index < -0.39 is 11.6 Å². The number of hydrogen-bond donors (Lipinski definition) is 2. The van der Waals surface area contributed by atoms with E-state index in [1.54, 1.807) is 0 Å². The Morgan fingerprint density at radius 1 is 1.09 bits per heavy atom. The van der Waals surface area contributed by atoms with Crippen molar-refractivity contribution in [2.24, 2.45) is 5.41 Å². The molecular formula is C35H37F2N5O4. The Balaban J connectivity index is 1.35. The van der Waals surface area contributed by atoms with E-state index in [1.165, 1.54) is 30.5 Å². The Morgan fingerprint density at radius 2 is 1.96 bits per heavy atom. The van der Waals surface area contributed by atoms with Crippen molar-refractivity contribution in [3.05, 3.63) is 47.7 Å².